The Kier molecular flexibility index (Phi) is 39.2. The number of phosphoric acid groups is 1. The molecule has 0 rings (SSSR count). The van der Waals surface area contributed by atoms with Crippen LogP contribution < -0.4 is 10.2 Å². The van der Waals surface area contributed by atoms with Crippen molar-refractivity contribution in [3.8, 4) is 0 Å². The molecule has 0 fully saturated rings. The number of nitrogens with zero attached hydrogens (tertiary/aromatic N) is 1. The number of nitrogens with one attached hydrogen (secondary N) is 1. The summed E-state index contributed by atoms with van der Waals surface area (Å²) in [6.07, 6.45) is 49.2. The summed E-state index contributed by atoms with van der Waals surface area (Å²) < 4.78 is 23.2. The largest absolute Gasteiger partial charge is 0.756 e. The zero-order chi connectivity index (χ0) is 42.1. The van der Waals surface area contributed by atoms with Gasteiger partial charge in [0.05, 0.1) is 39.9 Å². The standard InChI is InChI=1S/C48H93N2O6P/c1-6-8-10-12-14-16-18-20-21-22-23-24-25-26-27-28-30-31-33-35-37-39-41-47(51)46(45-56-57(53,54)55-44-43-50(3,4)5)49-48(52)42-40-38-36-34-32-29-19-17-15-13-11-9-7-2/h29,31-33,39,41,46-47,51H,6-28,30,34-38,40,42-45H2,1-5H3,(H-,49,52,53,54)/b32-29-,33-31+,41-39+. The van der Waals surface area contributed by atoms with Gasteiger partial charge >= 0.3 is 0 Å². The van der Waals surface area contributed by atoms with Crippen LogP contribution >= 0.6 is 7.82 Å². The SMILES string of the molecule is CCCCCCCC/C=C\CCCCCC(=O)NC(COP(=O)([O-])OCC[N+](C)(C)C)C(O)/C=C/CC/C=C/CCCCCCCCCCCCCCCCCC. The maximum absolute atomic E-state index is 12.8. The number of hydrogen-bond acceptors (Lipinski definition) is 6. The van der Waals surface area contributed by atoms with Gasteiger partial charge in [-0.25, -0.2) is 0 Å². The Morgan fingerprint density at radius 2 is 0.982 bits per heavy atom. The normalized spacial score (nSPS) is 14.6. The van der Waals surface area contributed by atoms with Crippen molar-refractivity contribution in [2.75, 3.05) is 40.9 Å². The van der Waals surface area contributed by atoms with E-state index in [1.165, 1.54) is 141 Å². The van der Waals surface area contributed by atoms with Crippen LogP contribution in [0.5, 0.6) is 0 Å². The minimum absolute atomic E-state index is 0.00894. The van der Waals surface area contributed by atoms with Crippen molar-refractivity contribution < 1.29 is 32.9 Å². The molecule has 2 N–H and O–H groups in total. The van der Waals surface area contributed by atoms with Gasteiger partial charge < -0.3 is 28.8 Å². The lowest BCUT2D eigenvalue weighted by molar-refractivity contribution is -0.870. The van der Waals surface area contributed by atoms with Gasteiger partial charge in [-0.3, -0.25) is 9.36 Å². The summed E-state index contributed by atoms with van der Waals surface area (Å²) in [5.74, 6) is -0.224. The van der Waals surface area contributed by atoms with Crippen molar-refractivity contribution in [3.63, 3.8) is 0 Å². The van der Waals surface area contributed by atoms with E-state index in [2.05, 4.69) is 43.5 Å². The highest BCUT2D eigenvalue weighted by atomic mass is 31.2. The number of carbonyl (C=O) groups excluding carboxylic acids is 1. The Hall–Kier alpha value is -1.28. The highest BCUT2D eigenvalue weighted by molar-refractivity contribution is 7.45. The summed E-state index contributed by atoms with van der Waals surface area (Å²) in [6.45, 7) is 4.61. The van der Waals surface area contributed by atoms with E-state index in [1.807, 2.05) is 27.2 Å². The zero-order valence-corrected chi connectivity index (χ0v) is 38.9. The monoisotopic (exact) mass is 825 g/mol. The van der Waals surface area contributed by atoms with Crippen LogP contribution in [0.4, 0.5) is 0 Å². The van der Waals surface area contributed by atoms with Gasteiger partial charge in [0.15, 0.2) is 0 Å². The lowest BCUT2D eigenvalue weighted by atomic mass is 10.0. The van der Waals surface area contributed by atoms with Gasteiger partial charge in [0, 0.05) is 6.42 Å². The molecule has 0 saturated carbocycles. The third-order valence-electron chi connectivity index (χ3n) is 10.6. The number of rotatable bonds is 43. The molecule has 0 bridgehead atoms. The van der Waals surface area contributed by atoms with Gasteiger partial charge in [-0.1, -0.05) is 185 Å². The molecule has 3 atom stereocenters. The fourth-order valence-corrected chi connectivity index (χ4v) is 7.47. The summed E-state index contributed by atoms with van der Waals surface area (Å²) in [5.41, 5.74) is 0. The van der Waals surface area contributed by atoms with E-state index in [1.54, 1.807) is 6.08 Å². The Balaban J connectivity index is 4.39. The summed E-state index contributed by atoms with van der Waals surface area (Å²) >= 11 is 0. The summed E-state index contributed by atoms with van der Waals surface area (Å²) in [4.78, 5) is 25.3. The first kappa shape index (κ1) is 55.7. The Morgan fingerprint density at radius 3 is 1.42 bits per heavy atom. The Morgan fingerprint density at radius 1 is 0.596 bits per heavy atom. The van der Waals surface area contributed by atoms with Crippen LogP contribution in [0.1, 0.15) is 213 Å². The quantitative estimate of drug-likeness (QED) is 0.0274. The smallest absolute Gasteiger partial charge is 0.268 e. The van der Waals surface area contributed by atoms with Gasteiger partial charge in [-0.15, -0.1) is 0 Å². The lowest BCUT2D eigenvalue weighted by Crippen LogP contribution is -2.45. The highest BCUT2D eigenvalue weighted by Crippen LogP contribution is 2.38. The number of quaternary nitrogens is 1. The number of phosphoric ester groups is 1. The molecule has 0 radical (unpaired) electrons. The first-order chi connectivity index (χ1) is 27.5. The third-order valence-corrected chi connectivity index (χ3v) is 11.5. The molecule has 0 aliphatic heterocycles. The van der Waals surface area contributed by atoms with Crippen LogP contribution in [0.2, 0.25) is 0 Å². The molecule has 8 nitrogen and oxygen atoms in total. The van der Waals surface area contributed by atoms with Crippen molar-refractivity contribution in [2.24, 2.45) is 0 Å². The molecule has 0 saturated heterocycles. The molecule has 0 aromatic rings. The summed E-state index contributed by atoms with van der Waals surface area (Å²) in [7, 11) is 1.23. The summed E-state index contributed by atoms with van der Waals surface area (Å²) in [6, 6.07) is -0.909. The van der Waals surface area contributed by atoms with Gasteiger partial charge in [-0.05, 0) is 57.8 Å². The average molecular weight is 825 g/mol. The van der Waals surface area contributed by atoms with Crippen LogP contribution in [-0.4, -0.2) is 68.5 Å². The second-order valence-electron chi connectivity index (χ2n) is 17.5. The molecule has 0 heterocycles. The second kappa shape index (κ2) is 40.1. The van der Waals surface area contributed by atoms with Crippen LogP contribution in [0, 0.1) is 0 Å². The number of aliphatic hydroxyl groups excluding tert-OH is 1. The second-order valence-corrected chi connectivity index (χ2v) is 18.9. The van der Waals surface area contributed by atoms with Gasteiger partial charge in [0.2, 0.25) is 5.91 Å². The molecule has 0 aliphatic rings. The Bertz CT molecular complexity index is 1030. The molecule has 0 aliphatic carbocycles. The third kappa shape index (κ3) is 42.6. The van der Waals surface area contributed by atoms with E-state index in [4.69, 9.17) is 9.05 Å². The number of amides is 1. The number of allylic oxidation sites excluding steroid dienone is 5. The molecule has 0 aromatic heterocycles. The van der Waals surface area contributed by atoms with Crippen LogP contribution in [0.25, 0.3) is 0 Å². The molecule has 1 amide bonds. The van der Waals surface area contributed by atoms with Gasteiger partial charge in [-0.2, -0.15) is 0 Å². The topological polar surface area (TPSA) is 108 Å². The number of carbonyl (C=O) groups is 1. The van der Waals surface area contributed by atoms with E-state index in [0.717, 1.165) is 51.4 Å². The van der Waals surface area contributed by atoms with Crippen molar-refractivity contribution in [1.29, 1.82) is 0 Å². The predicted octanol–water partition coefficient (Wildman–Crippen LogP) is 12.8. The molecule has 336 valence electrons. The van der Waals surface area contributed by atoms with Crippen LogP contribution in [0.3, 0.4) is 0 Å². The van der Waals surface area contributed by atoms with E-state index in [-0.39, 0.29) is 12.5 Å². The lowest BCUT2D eigenvalue weighted by Gasteiger charge is -2.29. The van der Waals surface area contributed by atoms with Gasteiger partial charge in [0.25, 0.3) is 7.82 Å². The molecule has 9 heteroatoms. The van der Waals surface area contributed by atoms with Crippen molar-refractivity contribution in [2.45, 2.75) is 225 Å². The van der Waals surface area contributed by atoms with E-state index < -0.39 is 26.6 Å². The first-order valence-corrected chi connectivity index (χ1v) is 25.3. The molecule has 0 spiro atoms. The minimum Gasteiger partial charge on any atom is -0.756 e. The van der Waals surface area contributed by atoms with E-state index in [9.17, 15) is 19.4 Å². The zero-order valence-electron chi connectivity index (χ0n) is 38.0. The molecule has 0 aromatic carbocycles. The molecule has 3 unspecified atom stereocenters. The molecular formula is C48H93N2O6P. The summed E-state index contributed by atoms with van der Waals surface area (Å²) in [5, 5.41) is 13.8. The number of unbranched alkanes of at least 4 members (excludes halogenated alkanes) is 26. The molecule has 57 heavy (non-hydrogen) atoms. The number of hydrogen-bond donors (Lipinski definition) is 2. The van der Waals surface area contributed by atoms with Gasteiger partial charge in [0.1, 0.15) is 13.2 Å². The minimum atomic E-state index is -4.60. The fourth-order valence-electron chi connectivity index (χ4n) is 6.75. The Labute approximate surface area is 353 Å². The van der Waals surface area contributed by atoms with Crippen molar-refractivity contribution in [3.05, 3.63) is 36.5 Å². The average Bonchev–Trinajstić information content (AvgIpc) is 3.16. The predicted molar refractivity (Wildman–Crippen MR) is 242 cm³/mol. The maximum Gasteiger partial charge on any atom is 0.268 e. The number of likely N-dealkylation sites (N-methyl/N-ethyl adjacent to an activating group) is 1. The van der Waals surface area contributed by atoms with Crippen LogP contribution in [0.15, 0.2) is 36.5 Å². The van der Waals surface area contributed by atoms with E-state index in [0.29, 0.717) is 17.4 Å². The highest BCUT2D eigenvalue weighted by Gasteiger charge is 2.23. The first-order valence-electron chi connectivity index (χ1n) is 23.9. The van der Waals surface area contributed by atoms with Crippen molar-refractivity contribution in [1.82, 2.24) is 5.32 Å². The van der Waals surface area contributed by atoms with Crippen molar-refractivity contribution >= 4 is 13.7 Å². The van der Waals surface area contributed by atoms with E-state index >= 15 is 0 Å². The maximum atomic E-state index is 12.8. The molecular weight excluding hydrogens is 732 g/mol. The fraction of sp³-hybridized carbons (Fsp3) is 0.854. The van der Waals surface area contributed by atoms with Crippen LogP contribution in [-0.2, 0) is 18.4 Å². The number of aliphatic hydroxyl groups is 1.